The number of benzene rings is 1. The first-order chi connectivity index (χ1) is 11.9. The van der Waals surface area contributed by atoms with Crippen molar-refractivity contribution in [3.8, 4) is 11.6 Å². The minimum Gasteiger partial charge on any atom is -0.453 e. The fourth-order valence-corrected chi connectivity index (χ4v) is 3.79. The largest absolute Gasteiger partial charge is 0.453 e. The summed E-state index contributed by atoms with van der Waals surface area (Å²) in [5.74, 6) is 1.33. The number of aromatic nitrogens is 4. The molecule has 0 amide bonds. The van der Waals surface area contributed by atoms with Crippen molar-refractivity contribution < 1.29 is 9.15 Å². The maximum atomic E-state index is 5.89. The van der Waals surface area contributed by atoms with Crippen LogP contribution < -0.4 is 0 Å². The van der Waals surface area contributed by atoms with Gasteiger partial charge in [-0.25, -0.2) is 0 Å². The van der Waals surface area contributed by atoms with Crippen LogP contribution in [0.25, 0.3) is 27.5 Å². The maximum absolute atomic E-state index is 5.89. The van der Waals surface area contributed by atoms with E-state index < -0.39 is 0 Å². The Morgan fingerprint density at radius 2 is 2.00 bits per heavy atom. The van der Waals surface area contributed by atoms with Crippen LogP contribution in [0.15, 0.2) is 34.7 Å². The molecule has 4 aromatic rings. The second-order valence-corrected chi connectivity index (χ2v) is 6.79. The van der Waals surface area contributed by atoms with Crippen LogP contribution in [0.4, 0.5) is 0 Å². The zero-order chi connectivity index (χ0) is 15.9. The molecular weight excluding hydrogens is 326 g/mol. The quantitative estimate of drug-likeness (QED) is 0.570. The van der Waals surface area contributed by atoms with E-state index in [4.69, 9.17) is 9.15 Å². The smallest absolute Gasteiger partial charge is 0.235 e. The highest BCUT2D eigenvalue weighted by Gasteiger charge is 2.19. The molecule has 3 aromatic heterocycles. The lowest BCUT2D eigenvalue weighted by Gasteiger charge is -2.25. The van der Waals surface area contributed by atoms with Crippen LogP contribution in [0.3, 0.4) is 0 Å². The van der Waals surface area contributed by atoms with Gasteiger partial charge in [-0.3, -0.25) is 4.90 Å². The Kier molecular flexibility index (Phi) is 3.32. The number of para-hydroxylation sites is 1. The molecule has 0 spiro atoms. The van der Waals surface area contributed by atoms with Crippen molar-refractivity contribution in [2.75, 3.05) is 26.3 Å². The SMILES string of the molecule is c1ccc2oc(-c3nnc4sc(CN5CCOCC5)nn34)cc2c1. The third kappa shape index (κ3) is 2.39. The van der Waals surface area contributed by atoms with Crippen LogP contribution in [0, 0.1) is 0 Å². The van der Waals surface area contributed by atoms with Gasteiger partial charge in [0.05, 0.1) is 19.8 Å². The Balaban J connectivity index is 1.50. The molecule has 0 unspecified atom stereocenters. The molecule has 0 radical (unpaired) electrons. The number of hydrogen-bond donors (Lipinski definition) is 0. The average molecular weight is 341 g/mol. The summed E-state index contributed by atoms with van der Waals surface area (Å²) in [6, 6.07) is 9.89. The molecule has 1 aromatic carbocycles. The van der Waals surface area contributed by atoms with E-state index in [-0.39, 0.29) is 0 Å². The molecule has 24 heavy (non-hydrogen) atoms. The number of nitrogens with zero attached hydrogens (tertiary/aromatic N) is 5. The molecule has 0 saturated carbocycles. The molecule has 8 heteroatoms. The molecule has 1 aliphatic heterocycles. The fourth-order valence-electron chi connectivity index (χ4n) is 2.92. The lowest BCUT2D eigenvalue weighted by molar-refractivity contribution is 0.0340. The molecule has 0 N–H and O–H groups in total. The van der Waals surface area contributed by atoms with Crippen molar-refractivity contribution in [3.05, 3.63) is 35.3 Å². The minimum absolute atomic E-state index is 0.644. The molecule has 122 valence electrons. The van der Waals surface area contributed by atoms with E-state index in [9.17, 15) is 0 Å². The summed E-state index contributed by atoms with van der Waals surface area (Å²) in [6.45, 7) is 4.27. The minimum atomic E-state index is 0.644. The van der Waals surface area contributed by atoms with E-state index >= 15 is 0 Å². The number of furan rings is 1. The molecular formula is C16H15N5O2S. The zero-order valence-electron chi connectivity index (χ0n) is 12.9. The number of ether oxygens (including phenoxy) is 1. The number of hydrogen-bond acceptors (Lipinski definition) is 7. The Labute approximate surface area is 141 Å². The first-order valence-corrected chi connectivity index (χ1v) is 8.69. The van der Waals surface area contributed by atoms with E-state index in [1.54, 1.807) is 15.9 Å². The van der Waals surface area contributed by atoms with Crippen molar-refractivity contribution in [1.82, 2.24) is 24.7 Å². The van der Waals surface area contributed by atoms with Crippen molar-refractivity contribution >= 4 is 27.3 Å². The lowest BCUT2D eigenvalue weighted by Crippen LogP contribution is -2.35. The summed E-state index contributed by atoms with van der Waals surface area (Å²) in [6.07, 6.45) is 0. The predicted octanol–water partition coefficient (Wildman–Crippen LogP) is 2.43. The average Bonchev–Trinajstić information content (AvgIpc) is 3.28. The van der Waals surface area contributed by atoms with Crippen molar-refractivity contribution in [2.45, 2.75) is 6.54 Å². The topological polar surface area (TPSA) is 68.7 Å². The van der Waals surface area contributed by atoms with Gasteiger partial charge in [0.2, 0.25) is 10.8 Å². The standard InChI is InChI=1S/C16H15N5O2S/c1-2-4-12-11(3-1)9-13(23-12)15-17-18-16-21(15)19-14(24-16)10-20-5-7-22-8-6-20/h1-4,9H,5-8,10H2. The van der Waals surface area contributed by atoms with Crippen LogP contribution in [0.1, 0.15) is 5.01 Å². The van der Waals surface area contributed by atoms with E-state index in [2.05, 4.69) is 20.2 Å². The monoisotopic (exact) mass is 341 g/mol. The molecule has 0 aliphatic carbocycles. The van der Waals surface area contributed by atoms with E-state index in [1.165, 1.54) is 0 Å². The van der Waals surface area contributed by atoms with Gasteiger partial charge >= 0.3 is 0 Å². The highest BCUT2D eigenvalue weighted by atomic mass is 32.1. The van der Waals surface area contributed by atoms with Gasteiger partial charge in [-0.1, -0.05) is 29.5 Å². The van der Waals surface area contributed by atoms with Gasteiger partial charge in [0.25, 0.3) is 0 Å². The van der Waals surface area contributed by atoms with Gasteiger partial charge in [-0.2, -0.15) is 9.61 Å². The van der Waals surface area contributed by atoms with E-state index in [0.29, 0.717) is 11.6 Å². The van der Waals surface area contributed by atoms with Gasteiger partial charge in [0, 0.05) is 18.5 Å². The summed E-state index contributed by atoms with van der Waals surface area (Å²) in [7, 11) is 0. The lowest BCUT2D eigenvalue weighted by atomic mass is 10.2. The third-order valence-corrected chi connectivity index (χ3v) is 5.02. The predicted molar refractivity (Wildman–Crippen MR) is 90.0 cm³/mol. The van der Waals surface area contributed by atoms with E-state index in [1.807, 2.05) is 30.3 Å². The summed E-state index contributed by atoms with van der Waals surface area (Å²) in [5, 5.41) is 15.2. The number of fused-ring (bicyclic) bond motifs is 2. The molecule has 0 atom stereocenters. The van der Waals surface area contributed by atoms with Crippen molar-refractivity contribution in [2.24, 2.45) is 0 Å². The van der Waals surface area contributed by atoms with Gasteiger partial charge < -0.3 is 9.15 Å². The highest BCUT2D eigenvalue weighted by Crippen LogP contribution is 2.28. The van der Waals surface area contributed by atoms with Crippen LogP contribution in [-0.4, -0.2) is 51.0 Å². The zero-order valence-corrected chi connectivity index (χ0v) is 13.7. The van der Waals surface area contributed by atoms with Gasteiger partial charge in [0.1, 0.15) is 10.6 Å². The Morgan fingerprint density at radius 3 is 2.88 bits per heavy atom. The highest BCUT2D eigenvalue weighted by molar-refractivity contribution is 7.16. The van der Waals surface area contributed by atoms with Crippen LogP contribution in [0.5, 0.6) is 0 Å². The number of rotatable bonds is 3. The molecule has 1 fully saturated rings. The Morgan fingerprint density at radius 1 is 1.12 bits per heavy atom. The third-order valence-electron chi connectivity index (χ3n) is 4.14. The molecule has 7 nitrogen and oxygen atoms in total. The Hall–Kier alpha value is -2.29. The van der Waals surface area contributed by atoms with Crippen LogP contribution in [0.2, 0.25) is 0 Å². The fraction of sp³-hybridized carbons (Fsp3) is 0.312. The molecule has 1 saturated heterocycles. The van der Waals surface area contributed by atoms with Crippen LogP contribution in [-0.2, 0) is 11.3 Å². The van der Waals surface area contributed by atoms with Crippen molar-refractivity contribution in [3.63, 3.8) is 0 Å². The normalized spacial score (nSPS) is 16.3. The first-order valence-electron chi connectivity index (χ1n) is 7.87. The summed E-state index contributed by atoms with van der Waals surface area (Å²) >= 11 is 1.57. The molecule has 1 aliphatic rings. The number of morpholine rings is 1. The van der Waals surface area contributed by atoms with Gasteiger partial charge in [-0.15, -0.1) is 10.2 Å². The molecule has 4 heterocycles. The maximum Gasteiger partial charge on any atom is 0.235 e. The summed E-state index contributed by atoms with van der Waals surface area (Å²) < 4.78 is 13.1. The summed E-state index contributed by atoms with van der Waals surface area (Å²) in [4.78, 5) is 3.13. The second kappa shape index (κ2) is 5.66. The van der Waals surface area contributed by atoms with E-state index in [0.717, 1.165) is 53.8 Å². The Bertz CT molecular complexity index is 965. The van der Waals surface area contributed by atoms with Crippen LogP contribution >= 0.6 is 11.3 Å². The second-order valence-electron chi connectivity index (χ2n) is 5.75. The van der Waals surface area contributed by atoms with Crippen molar-refractivity contribution in [1.29, 1.82) is 0 Å². The molecule has 0 bridgehead atoms. The molecule has 5 rings (SSSR count). The van der Waals surface area contributed by atoms with Gasteiger partial charge in [0.15, 0.2) is 5.76 Å². The van der Waals surface area contributed by atoms with Gasteiger partial charge in [-0.05, 0) is 12.1 Å². The summed E-state index contributed by atoms with van der Waals surface area (Å²) in [5.41, 5.74) is 0.841. The first kappa shape index (κ1) is 14.1.